The summed E-state index contributed by atoms with van der Waals surface area (Å²) in [5.74, 6) is 0.859. The third kappa shape index (κ3) is 4.75. The van der Waals surface area contributed by atoms with E-state index in [2.05, 4.69) is 25.6 Å². The van der Waals surface area contributed by atoms with Gasteiger partial charge >= 0.3 is 0 Å². The second-order valence-electron chi connectivity index (χ2n) is 6.17. The third-order valence-electron chi connectivity index (χ3n) is 4.13. The first-order chi connectivity index (χ1) is 14.2. The smallest absolute Gasteiger partial charge is 0.256 e. The maximum atomic E-state index is 12.4. The number of anilines is 3. The van der Waals surface area contributed by atoms with E-state index in [1.165, 1.54) is 12.3 Å². The average Bonchev–Trinajstić information content (AvgIpc) is 2.75. The number of amides is 1. The normalized spacial score (nSPS) is 10.4. The van der Waals surface area contributed by atoms with E-state index in [4.69, 9.17) is 11.6 Å². The van der Waals surface area contributed by atoms with Gasteiger partial charge in [-0.3, -0.25) is 4.79 Å². The van der Waals surface area contributed by atoms with Crippen LogP contribution in [0.3, 0.4) is 0 Å². The highest BCUT2D eigenvalue weighted by molar-refractivity contribution is 6.29. The maximum Gasteiger partial charge on any atom is 0.256 e. The molecule has 0 spiro atoms. The van der Waals surface area contributed by atoms with Crippen molar-refractivity contribution in [1.82, 2.24) is 15.0 Å². The number of nitrogens with one attached hydrogen (secondary N) is 2. The molecule has 0 radical (unpaired) electrons. The number of para-hydroxylation sites is 1. The van der Waals surface area contributed by atoms with E-state index in [1.807, 2.05) is 54.6 Å². The molecule has 0 bridgehead atoms. The number of carbonyl (C=O) groups is 1. The van der Waals surface area contributed by atoms with Gasteiger partial charge in [-0.25, -0.2) is 15.0 Å². The van der Waals surface area contributed by atoms with E-state index in [0.29, 0.717) is 11.4 Å². The van der Waals surface area contributed by atoms with Gasteiger partial charge in [-0.2, -0.15) is 0 Å². The topological polar surface area (TPSA) is 79.8 Å². The second-order valence-corrected chi connectivity index (χ2v) is 6.56. The summed E-state index contributed by atoms with van der Waals surface area (Å²) in [7, 11) is 0. The van der Waals surface area contributed by atoms with Crippen LogP contribution in [0.5, 0.6) is 0 Å². The molecule has 1 amide bonds. The molecule has 0 atom stereocenters. The monoisotopic (exact) mass is 401 g/mol. The lowest BCUT2D eigenvalue weighted by Crippen LogP contribution is -2.13. The minimum atomic E-state index is -0.305. The number of pyridine rings is 3. The number of carbonyl (C=O) groups excluding carboxylic acids is 1. The fourth-order valence-electron chi connectivity index (χ4n) is 2.76. The number of rotatable bonds is 5. The van der Waals surface area contributed by atoms with Crippen LogP contribution in [0.1, 0.15) is 10.4 Å². The fourth-order valence-corrected chi connectivity index (χ4v) is 2.93. The van der Waals surface area contributed by atoms with E-state index in [0.717, 1.165) is 22.6 Å². The van der Waals surface area contributed by atoms with Gasteiger partial charge in [-0.1, -0.05) is 29.8 Å². The predicted octanol–water partition coefficient (Wildman–Crippen LogP) is 5.19. The van der Waals surface area contributed by atoms with Gasteiger partial charge in [0.25, 0.3) is 5.91 Å². The molecule has 3 aromatic heterocycles. The minimum Gasteiger partial charge on any atom is -0.340 e. The molecule has 0 saturated heterocycles. The Morgan fingerprint density at radius 2 is 1.41 bits per heavy atom. The Bertz CT molecular complexity index is 1150. The van der Waals surface area contributed by atoms with Crippen molar-refractivity contribution in [2.24, 2.45) is 0 Å². The zero-order valence-electron chi connectivity index (χ0n) is 15.2. The Balaban J connectivity index is 1.54. The van der Waals surface area contributed by atoms with Crippen LogP contribution in [0.15, 0.2) is 85.3 Å². The summed E-state index contributed by atoms with van der Waals surface area (Å²) in [6.45, 7) is 0. The van der Waals surface area contributed by atoms with E-state index in [1.54, 1.807) is 18.5 Å². The molecular weight excluding hydrogens is 386 g/mol. The molecule has 1 aromatic carbocycles. The lowest BCUT2D eigenvalue weighted by Gasteiger charge is -2.09. The molecule has 142 valence electrons. The molecule has 0 unspecified atom stereocenters. The van der Waals surface area contributed by atoms with Crippen molar-refractivity contribution in [3.05, 3.63) is 96.0 Å². The van der Waals surface area contributed by atoms with Gasteiger partial charge in [-0.05, 0) is 59.7 Å². The van der Waals surface area contributed by atoms with Crippen LogP contribution in [-0.4, -0.2) is 20.9 Å². The Kier molecular flexibility index (Phi) is 5.45. The summed E-state index contributed by atoms with van der Waals surface area (Å²) in [5.41, 5.74) is 3.22. The van der Waals surface area contributed by atoms with Crippen molar-refractivity contribution in [3.63, 3.8) is 0 Å². The largest absolute Gasteiger partial charge is 0.340 e. The molecule has 4 rings (SSSR count). The average molecular weight is 402 g/mol. The summed E-state index contributed by atoms with van der Waals surface area (Å²) < 4.78 is 0. The Labute approximate surface area is 172 Å². The molecule has 0 aliphatic heterocycles. The van der Waals surface area contributed by atoms with Crippen molar-refractivity contribution in [2.75, 3.05) is 10.6 Å². The van der Waals surface area contributed by atoms with Crippen molar-refractivity contribution in [2.45, 2.75) is 0 Å². The molecule has 0 aliphatic rings. The van der Waals surface area contributed by atoms with Crippen molar-refractivity contribution in [1.29, 1.82) is 0 Å². The molecule has 0 fully saturated rings. The minimum absolute atomic E-state index is 0.259. The maximum absolute atomic E-state index is 12.4. The number of halogens is 1. The molecule has 3 heterocycles. The molecule has 0 aliphatic carbocycles. The van der Waals surface area contributed by atoms with E-state index in [9.17, 15) is 4.79 Å². The SMILES string of the molecule is O=C(Nc1cc(-c2ccnc(Nc3ccccc3)c2)ccn1)c1ccnc(Cl)c1. The summed E-state index contributed by atoms with van der Waals surface area (Å²) >= 11 is 5.85. The quantitative estimate of drug-likeness (QED) is 0.450. The zero-order chi connectivity index (χ0) is 20.1. The van der Waals surface area contributed by atoms with Crippen LogP contribution in [0, 0.1) is 0 Å². The van der Waals surface area contributed by atoms with Crippen molar-refractivity contribution in [3.8, 4) is 11.1 Å². The van der Waals surface area contributed by atoms with E-state index in [-0.39, 0.29) is 11.1 Å². The molecule has 4 aromatic rings. The van der Waals surface area contributed by atoms with Gasteiger partial charge in [-0.15, -0.1) is 0 Å². The van der Waals surface area contributed by atoms with E-state index >= 15 is 0 Å². The number of aromatic nitrogens is 3. The molecule has 0 saturated carbocycles. The third-order valence-corrected chi connectivity index (χ3v) is 4.34. The van der Waals surface area contributed by atoms with Gasteiger partial charge in [0, 0.05) is 29.8 Å². The van der Waals surface area contributed by atoms with Crippen LogP contribution >= 0.6 is 11.6 Å². The van der Waals surface area contributed by atoms with Crippen LogP contribution in [0.2, 0.25) is 5.15 Å². The highest BCUT2D eigenvalue weighted by Gasteiger charge is 2.09. The Hall–Kier alpha value is -3.77. The van der Waals surface area contributed by atoms with Gasteiger partial charge in [0.15, 0.2) is 0 Å². The summed E-state index contributed by atoms with van der Waals surface area (Å²) in [6.07, 6.45) is 4.87. The first kappa shape index (κ1) is 18.6. The zero-order valence-corrected chi connectivity index (χ0v) is 16.0. The van der Waals surface area contributed by atoms with Crippen molar-refractivity contribution < 1.29 is 4.79 Å². The van der Waals surface area contributed by atoms with Crippen LogP contribution < -0.4 is 10.6 Å². The molecule has 6 nitrogen and oxygen atoms in total. The Morgan fingerprint density at radius 3 is 2.14 bits per heavy atom. The van der Waals surface area contributed by atoms with Crippen LogP contribution in [0.4, 0.5) is 17.3 Å². The summed E-state index contributed by atoms with van der Waals surface area (Å²) in [5, 5.41) is 6.31. The summed E-state index contributed by atoms with van der Waals surface area (Å²) in [4.78, 5) is 24.9. The van der Waals surface area contributed by atoms with Crippen LogP contribution in [-0.2, 0) is 0 Å². The second kappa shape index (κ2) is 8.50. The van der Waals surface area contributed by atoms with Gasteiger partial charge in [0.1, 0.15) is 16.8 Å². The predicted molar refractivity (Wildman–Crippen MR) is 114 cm³/mol. The van der Waals surface area contributed by atoms with Gasteiger partial charge in [0.2, 0.25) is 0 Å². The first-order valence-electron chi connectivity index (χ1n) is 8.85. The molecular formula is C22H16ClN5O. The fraction of sp³-hybridized carbons (Fsp3) is 0. The number of nitrogens with zero attached hydrogens (tertiary/aromatic N) is 3. The molecule has 29 heavy (non-hydrogen) atoms. The lowest BCUT2D eigenvalue weighted by atomic mass is 10.1. The number of hydrogen-bond acceptors (Lipinski definition) is 5. The van der Waals surface area contributed by atoms with Crippen molar-refractivity contribution >= 4 is 34.8 Å². The molecule has 7 heteroatoms. The lowest BCUT2D eigenvalue weighted by molar-refractivity contribution is 0.102. The highest BCUT2D eigenvalue weighted by atomic mass is 35.5. The van der Waals surface area contributed by atoms with Gasteiger partial charge in [0.05, 0.1) is 0 Å². The Morgan fingerprint density at radius 1 is 0.759 bits per heavy atom. The molecule has 2 N–H and O–H groups in total. The van der Waals surface area contributed by atoms with Crippen LogP contribution in [0.25, 0.3) is 11.1 Å². The summed E-state index contributed by atoms with van der Waals surface area (Å²) in [6, 6.07) is 20.4. The first-order valence-corrected chi connectivity index (χ1v) is 9.23. The number of benzene rings is 1. The van der Waals surface area contributed by atoms with E-state index < -0.39 is 0 Å². The highest BCUT2D eigenvalue weighted by Crippen LogP contribution is 2.24. The van der Waals surface area contributed by atoms with Gasteiger partial charge < -0.3 is 10.6 Å². The number of hydrogen-bond donors (Lipinski definition) is 2. The standard InChI is InChI=1S/C22H16ClN5O/c23-19-12-17(8-9-24-19)22(29)28-21-14-16(7-11-26-21)15-6-10-25-20(13-15)27-18-4-2-1-3-5-18/h1-14H,(H,25,27)(H,26,28,29).